The average molecular weight is 341 g/mol. The maximum Gasteiger partial charge on any atom is 0.165 e. The summed E-state index contributed by atoms with van der Waals surface area (Å²) in [6.45, 7) is 2.04. The smallest absolute Gasteiger partial charge is 0.165 e. The molecular weight excluding hydrogens is 320 g/mol. The summed E-state index contributed by atoms with van der Waals surface area (Å²) in [6, 6.07) is 3.95. The normalized spacial score (nSPS) is 16.9. The predicted octanol–water partition coefficient (Wildman–Crippen LogP) is 4.47. The van der Waals surface area contributed by atoms with Gasteiger partial charge in [-0.3, -0.25) is 0 Å². The van der Waals surface area contributed by atoms with Gasteiger partial charge in [-0.15, -0.1) is 0 Å². The highest BCUT2D eigenvalue weighted by atomic mass is 79.9. The fourth-order valence-corrected chi connectivity index (χ4v) is 3.13. The molecule has 0 heterocycles. The Bertz CT molecular complexity index is 467. The first-order chi connectivity index (χ1) is 9.65. The summed E-state index contributed by atoms with van der Waals surface area (Å²) in [6.07, 6.45) is 6.36. The van der Waals surface area contributed by atoms with E-state index in [2.05, 4.69) is 15.9 Å². The van der Waals surface area contributed by atoms with Gasteiger partial charge < -0.3 is 14.3 Å². The van der Waals surface area contributed by atoms with Crippen molar-refractivity contribution in [2.75, 3.05) is 7.11 Å². The van der Waals surface area contributed by atoms with Crippen LogP contribution in [0, 0.1) is 0 Å². The molecular formula is C16H21BrO3. The number of carbonyl (C=O) groups is 1. The van der Waals surface area contributed by atoms with Crippen LogP contribution in [0.2, 0.25) is 0 Å². The second kappa shape index (κ2) is 7.11. The van der Waals surface area contributed by atoms with Crippen LogP contribution >= 0.6 is 15.9 Å². The highest BCUT2D eigenvalue weighted by Crippen LogP contribution is 2.41. The molecule has 0 saturated heterocycles. The molecule has 0 aromatic heterocycles. The number of halogens is 1. The van der Waals surface area contributed by atoms with Gasteiger partial charge in [0.1, 0.15) is 6.29 Å². The monoisotopic (exact) mass is 340 g/mol. The lowest BCUT2D eigenvalue weighted by atomic mass is 9.97. The minimum absolute atomic E-state index is 0.121. The van der Waals surface area contributed by atoms with Gasteiger partial charge in [-0.25, -0.2) is 0 Å². The third-order valence-electron chi connectivity index (χ3n) is 3.84. The van der Waals surface area contributed by atoms with Crippen molar-refractivity contribution < 1.29 is 14.3 Å². The Morgan fingerprint density at radius 2 is 2.10 bits per heavy atom. The molecule has 1 atom stereocenters. The quantitative estimate of drug-likeness (QED) is 0.716. The lowest BCUT2D eigenvalue weighted by molar-refractivity contribution is -0.108. The summed E-state index contributed by atoms with van der Waals surface area (Å²) in [5.74, 6) is 1.66. The molecule has 0 N–H and O–H groups in total. The van der Waals surface area contributed by atoms with Crippen LogP contribution < -0.4 is 9.47 Å². The molecule has 1 fully saturated rings. The van der Waals surface area contributed by atoms with E-state index in [1.807, 2.05) is 19.1 Å². The molecule has 20 heavy (non-hydrogen) atoms. The van der Waals surface area contributed by atoms with Crippen LogP contribution in [0.15, 0.2) is 16.6 Å². The predicted molar refractivity (Wildman–Crippen MR) is 82.7 cm³/mol. The first-order valence-electron chi connectivity index (χ1n) is 7.13. The zero-order valence-corrected chi connectivity index (χ0v) is 13.6. The molecule has 1 unspecified atom stereocenters. The molecule has 0 bridgehead atoms. The molecule has 1 saturated carbocycles. The van der Waals surface area contributed by atoms with E-state index in [0.717, 1.165) is 40.7 Å². The SMILES string of the molecule is COc1cc(Br)cc(C(C)CC=O)c1OC1CCCC1. The topological polar surface area (TPSA) is 35.5 Å². The van der Waals surface area contributed by atoms with Gasteiger partial charge in [0.25, 0.3) is 0 Å². The molecule has 1 aliphatic carbocycles. The van der Waals surface area contributed by atoms with E-state index in [1.165, 1.54) is 12.8 Å². The fraction of sp³-hybridized carbons (Fsp3) is 0.562. The highest BCUT2D eigenvalue weighted by Gasteiger charge is 2.23. The van der Waals surface area contributed by atoms with Gasteiger partial charge in [-0.1, -0.05) is 22.9 Å². The Morgan fingerprint density at radius 3 is 2.70 bits per heavy atom. The summed E-state index contributed by atoms with van der Waals surface area (Å²) < 4.78 is 12.6. The van der Waals surface area contributed by atoms with Crippen LogP contribution in [-0.2, 0) is 4.79 Å². The van der Waals surface area contributed by atoms with Gasteiger partial charge in [0.15, 0.2) is 11.5 Å². The zero-order valence-electron chi connectivity index (χ0n) is 12.0. The molecule has 0 spiro atoms. The molecule has 2 rings (SSSR count). The number of ether oxygens (including phenoxy) is 2. The molecule has 4 heteroatoms. The maximum absolute atomic E-state index is 10.8. The van der Waals surface area contributed by atoms with Gasteiger partial charge in [0, 0.05) is 16.5 Å². The fourth-order valence-electron chi connectivity index (χ4n) is 2.68. The van der Waals surface area contributed by atoms with Gasteiger partial charge in [0.2, 0.25) is 0 Å². The van der Waals surface area contributed by atoms with Crippen LogP contribution in [0.5, 0.6) is 11.5 Å². The average Bonchev–Trinajstić information content (AvgIpc) is 2.93. The Balaban J connectivity index is 2.35. The van der Waals surface area contributed by atoms with E-state index in [1.54, 1.807) is 7.11 Å². The van der Waals surface area contributed by atoms with Crippen molar-refractivity contribution in [2.45, 2.75) is 51.0 Å². The molecule has 110 valence electrons. The lowest BCUT2D eigenvalue weighted by Gasteiger charge is -2.22. The zero-order chi connectivity index (χ0) is 14.5. The Morgan fingerprint density at radius 1 is 1.40 bits per heavy atom. The van der Waals surface area contributed by atoms with E-state index in [-0.39, 0.29) is 12.0 Å². The van der Waals surface area contributed by atoms with Gasteiger partial charge >= 0.3 is 0 Å². The second-order valence-electron chi connectivity index (χ2n) is 5.35. The van der Waals surface area contributed by atoms with E-state index < -0.39 is 0 Å². The lowest BCUT2D eigenvalue weighted by Crippen LogP contribution is -2.14. The molecule has 1 aromatic rings. The van der Waals surface area contributed by atoms with Gasteiger partial charge in [-0.05, 0) is 43.7 Å². The maximum atomic E-state index is 10.8. The van der Waals surface area contributed by atoms with E-state index in [9.17, 15) is 4.79 Å². The second-order valence-corrected chi connectivity index (χ2v) is 6.27. The van der Waals surface area contributed by atoms with E-state index >= 15 is 0 Å². The number of hydrogen-bond acceptors (Lipinski definition) is 3. The number of aldehydes is 1. The number of carbonyl (C=O) groups excluding carboxylic acids is 1. The third kappa shape index (κ3) is 3.54. The molecule has 1 aliphatic rings. The van der Waals surface area contributed by atoms with Crippen molar-refractivity contribution in [3.8, 4) is 11.5 Å². The summed E-state index contributed by atoms with van der Waals surface area (Å²) in [5, 5.41) is 0. The van der Waals surface area contributed by atoms with Crippen LogP contribution in [0.1, 0.15) is 50.5 Å². The van der Waals surface area contributed by atoms with Crippen molar-refractivity contribution in [2.24, 2.45) is 0 Å². The molecule has 0 radical (unpaired) electrons. The number of methoxy groups -OCH3 is 1. The van der Waals surface area contributed by atoms with Crippen molar-refractivity contribution in [1.82, 2.24) is 0 Å². The van der Waals surface area contributed by atoms with Crippen LogP contribution in [0.4, 0.5) is 0 Å². The number of hydrogen-bond donors (Lipinski definition) is 0. The van der Waals surface area contributed by atoms with Crippen molar-refractivity contribution in [3.63, 3.8) is 0 Å². The third-order valence-corrected chi connectivity index (χ3v) is 4.29. The Kier molecular flexibility index (Phi) is 5.46. The van der Waals surface area contributed by atoms with E-state index in [4.69, 9.17) is 9.47 Å². The Hall–Kier alpha value is -1.03. The largest absolute Gasteiger partial charge is 0.493 e. The van der Waals surface area contributed by atoms with Gasteiger partial charge in [-0.2, -0.15) is 0 Å². The summed E-state index contributed by atoms with van der Waals surface area (Å²) in [5.41, 5.74) is 1.04. The number of benzene rings is 1. The Labute approximate surface area is 128 Å². The highest BCUT2D eigenvalue weighted by molar-refractivity contribution is 9.10. The van der Waals surface area contributed by atoms with Crippen molar-refractivity contribution in [3.05, 3.63) is 22.2 Å². The molecule has 0 aliphatic heterocycles. The van der Waals surface area contributed by atoms with Gasteiger partial charge in [0.05, 0.1) is 13.2 Å². The van der Waals surface area contributed by atoms with Crippen molar-refractivity contribution in [1.29, 1.82) is 0 Å². The number of rotatable bonds is 6. The van der Waals surface area contributed by atoms with Crippen LogP contribution in [-0.4, -0.2) is 19.5 Å². The molecule has 3 nitrogen and oxygen atoms in total. The standard InChI is InChI=1S/C16H21BrO3/c1-11(7-8-18)14-9-12(17)10-15(19-2)16(14)20-13-5-3-4-6-13/h8-11,13H,3-7H2,1-2H3. The summed E-state index contributed by atoms with van der Waals surface area (Å²) in [7, 11) is 1.65. The first kappa shape index (κ1) is 15.4. The molecule has 1 aromatic carbocycles. The molecule has 0 amide bonds. The summed E-state index contributed by atoms with van der Waals surface area (Å²) in [4.78, 5) is 10.8. The van der Waals surface area contributed by atoms with Crippen LogP contribution in [0.3, 0.4) is 0 Å². The minimum Gasteiger partial charge on any atom is -0.493 e. The van der Waals surface area contributed by atoms with E-state index in [0.29, 0.717) is 6.42 Å². The van der Waals surface area contributed by atoms with Crippen LogP contribution in [0.25, 0.3) is 0 Å². The first-order valence-corrected chi connectivity index (χ1v) is 7.92. The summed E-state index contributed by atoms with van der Waals surface area (Å²) >= 11 is 3.50. The minimum atomic E-state index is 0.121. The van der Waals surface area contributed by atoms with Crippen molar-refractivity contribution >= 4 is 22.2 Å².